The molecule has 136 valence electrons. The van der Waals surface area contributed by atoms with Gasteiger partial charge in [0, 0.05) is 30.2 Å². The smallest absolute Gasteiger partial charge is 0.408 e. The number of oxazole rings is 1. The van der Waals surface area contributed by atoms with Crippen LogP contribution in [0.2, 0.25) is 5.02 Å². The van der Waals surface area contributed by atoms with Crippen molar-refractivity contribution in [2.45, 2.75) is 39.3 Å². The monoisotopic (exact) mass is 365 g/mol. The molecular weight excluding hydrogens is 342 g/mol. The van der Waals surface area contributed by atoms with Crippen LogP contribution in [0.25, 0.3) is 11.1 Å². The average molecular weight is 366 g/mol. The standard InChI is InChI=1S/C18H24ClN3O3/c1-12(2)21-7-3-4-13(10-21)9-20-17(23)11-22-15-6-5-14(19)8-16(15)25-18(22)24/h5-6,8,12-13H,3-4,7,9-11H2,1-2H3,(H,20,23). The number of piperidine rings is 1. The minimum absolute atomic E-state index is 0.0475. The summed E-state index contributed by atoms with van der Waals surface area (Å²) in [5.41, 5.74) is 0.971. The fraction of sp³-hybridized carbons (Fsp3) is 0.556. The second-order valence-electron chi connectivity index (χ2n) is 6.97. The zero-order chi connectivity index (χ0) is 18.0. The third kappa shape index (κ3) is 4.25. The molecule has 1 aromatic carbocycles. The summed E-state index contributed by atoms with van der Waals surface area (Å²) in [5.74, 6) is -0.269. The normalized spacial score (nSPS) is 18.8. The minimum Gasteiger partial charge on any atom is -0.408 e. The van der Waals surface area contributed by atoms with Gasteiger partial charge in [-0.2, -0.15) is 0 Å². The quantitative estimate of drug-likeness (QED) is 0.883. The Kier molecular flexibility index (Phi) is 5.49. The summed E-state index contributed by atoms with van der Waals surface area (Å²) in [4.78, 5) is 26.7. The van der Waals surface area contributed by atoms with Crippen molar-refractivity contribution < 1.29 is 9.21 Å². The van der Waals surface area contributed by atoms with Gasteiger partial charge < -0.3 is 14.6 Å². The Balaban J connectivity index is 1.60. The molecule has 2 heterocycles. The molecule has 1 saturated heterocycles. The Morgan fingerprint density at radius 2 is 2.24 bits per heavy atom. The van der Waals surface area contributed by atoms with Gasteiger partial charge in [0.2, 0.25) is 5.91 Å². The van der Waals surface area contributed by atoms with Crippen molar-refractivity contribution in [2.24, 2.45) is 5.92 Å². The molecule has 0 aliphatic carbocycles. The summed E-state index contributed by atoms with van der Waals surface area (Å²) in [5, 5.41) is 3.45. The number of rotatable bonds is 5. The second kappa shape index (κ2) is 7.62. The summed E-state index contributed by atoms with van der Waals surface area (Å²) in [7, 11) is 0. The van der Waals surface area contributed by atoms with Gasteiger partial charge in [-0.25, -0.2) is 4.79 Å². The summed E-state index contributed by atoms with van der Waals surface area (Å²) in [6.45, 7) is 7.12. The summed E-state index contributed by atoms with van der Waals surface area (Å²) >= 11 is 5.90. The fourth-order valence-corrected chi connectivity index (χ4v) is 3.54. The number of aromatic nitrogens is 1. The summed E-state index contributed by atoms with van der Waals surface area (Å²) in [6.07, 6.45) is 2.28. The van der Waals surface area contributed by atoms with E-state index in [1.807, 2.05) is 0 Å². The highest BCUT2D eigenvalue weighted by molar-refractivity contribution is 6.31. The number of fused-ring (bicyclic) bond motifs is 1. The number of nitrogens with zero attached hydrogens (tertiary/aromatic N) is 2. The van der Waals surface area contributed by atoms with E-state index in [0.717, 1.165) is 25.9 Å². The molecule has 25 heavy (non-hydrogen) atoms. The molecule has 0 bridgehead atoms. The third-order valence-electron chi connectivity index (χ3n) is 4.80. The first kappa shape index (κ1) is 18.0. The van der Waals surface area contributed by atoms with E-state index in [4.69, 9.17) is 16.0 Å². The second-order valence-corrected chi connectivity index (χ2v) is 7.40. The van der Waals surface area contributed by atoms with Gasteiger partial charge in [-0.05, 0) is 51.3 Å². The Hall–Kier alpha value is -1.79. The zero-order valence-corrected chi connectivity index (χ0v) is 15.4. The SMILES string of the molecule is CC(C)N1CCCC(CNC(=O)Cn2c(=O)oc3cc(Cl)ccc32)C1. The first-order valence-corrected chi connectivity index (χ1v) is 9.11. The van der Waals surface area contributed by atoms with Gasteiger partial charge in [-0.15, -0.1) is 0 Å². The number of benzene rings is 1. The lowest BCUT2D eigenvalue weighted by Crippen LogP contribution is -2.44. The van der Waals surface area contributed by atoms with Crippen LogP contribution in [-0.4, -0.2) is 41.1 Å². The lowest BCUT2D eigenvalue weighted by Gasteiger charge is -2.35. The number of carbonyl (C=O) groups excluding carboxylic acids is 1. The average Bonchev–Trinajstić information content (AvgIpc) is 2.88. The molecule has 3 rings (SSSR count). The van der Waals surface area contributed by atoms with Crippen molar-refractivity contribution in [3.05, 3.63) is 33.8 Å². The van der Waals surface area contributed by atoms with E-state index in [1.165, 1.54) is 4.57 Å². The Bertz CT molecular complexity index is 811. The highest BCUT2D eigenvalue weighted by Gasteiger charge is 2.22. The maximum atomic E-state index is 12.3. The lowest BCUT2D eigenvalue weighted by molar-refractivity contribution is -0.122. The van der Waals surface area contributed by atoms with Crippen LogP contribution in [0.4, 0.5) is 0 Å². The van der Waals surface area contributed by atoms with E-state index in [0.29, 0.717) is 34.6 Å². The number of hydrogen-bond acceptors (Lipinski definition) is 4. The van der Waals surface area contributed by atoms with E-state index in [-0.39, 0.29) is 12.5 Å². The first-order chi connectivity index (χ1) is 11.9. The van der Waals surface area contributed by atoms with Crippen LogP contribution < -0.4 is 11.1 Å². The topological polar surface area (TPSA) is 67.5 Å². The molecule has 1 aliphatic heterocycles. The molecule has 1 N–H and O–H groups in total. The molecule has 1 fully saturated rings. The number of amides is 1. The minimum atomic E-state index is -0.545. The van der Waals surface area contributed by atoms with Crippen LogP contribution in [0, 0.1) is 5.92 Å². The molecular formula is C18H24ClN3O3. The van der Waals surface area contributed by atoms with Crippen LogP contribution in [-0.2, 0) is 11.3 Å². The van der Waals surface area contributed by atoms with Gasteiger partial charge in [0.15, 0.2) is 5.58 Å². The summed E-state index contributed by atoms with van der Waals surface area (Å²) < 4.78 is 6.49. The third-order valence-corrected chi connectivity index (χ3v) is 5.04. The number of halogens is 1. The highest BCUT2D eigenvalue weighted by Crippen LogP contribution is 2.19. The molecule has 1 aromatic heterocycles. The van der Waals surface area contributed by atoms with Gasteiger partial charge in [-0.1, -0.05) is 11.6 Å². The van der Waals surface area contributed by atoms with E-state index in [2.05, 4.69) is 24.1 Å². The van der Waals surface area contributed by atoms with E-state index >= 15 is 0 Å². The molecule has 1 amide bonds. The van der Waals surface area contributed by atoms with Crippen molar-refractivity contribution in [3.8, 4) is 0 Å². The van der Waals surface area contributed by atoms with Crippen molar-refractivity contribution in [3.63, 3.8) is 0 Å². The number of likely N-dealkylation sites (tertiary alicyclic amines) is 1. The van der Waals surface area contributed by atoms with Gasteiger partial charge in [0.25, 0.3) is 0 Å². The predicted octanol–water partition coefficient (Wildman–Crippen LogP) is 2.48. The molecule has 0 saturated carbocycles. The van der Waals surface area contributed by atoms with Crippen molar-refractivity contribution in [1.29, 1.82) is 0 Å². The molecule has 1 unspecified atom stereocenters. The maximum Gasteiger partial charge on any atom is 0.420 e. The van der Waals surface area contributed by atoms with Crippen molar-refractivity contribution in [2.75, 3.05) is 19.6 Å². The molecule has 2 aromatic rings. The molecule has 1 atom stereocenters. The predicted molar refractivity (Wildman–Crippen MR) is 97.9 cm³/mol. The Morgan fingerprint density at radius 1 is 1.44 bits per heavy atom. The number of nitrogens with one attached hydrogen (secondary N) is 1. The van der Waals surface area contributed by atoms with E-state index < -0.39 is 5.76 Å². The van der Waals surface area contributed by atoms with Crippen LogP contribution in [0.15, 0.2) is 27.4 Å². The van der Waals surface area contributed by atoms with Gasteiger partial charge >= 0.3 is 5.76 Å². The van der Waals surface area contributed by atoms with Crippen LogP contribution in [0.1, 0.15) is 26.7 Å². The van der Waals surface area contributed by atoms with Gasteiger partial charge in [0.1, 0.15) is 6.54 Å². The van der Waals surface area contributed by atoms with Crippen LogP contribution >= 0.6 is 11.6 Å². The highest BCUT2D eigenvalue weighted by atomic mass is 35.5. The first-order valence-electron chi connectivity index (χ1n) is 8.73. The van der Waals surface area contributed by atoms with Crippen LogP contribution in [0.5, 0.6) is 0 Å². The van der Waals surface area contributed by atoms with Gasteiger partial charge in [0.05, 0.1) is 5.52 Å². The molecule has 1 aliphatic rings. The number of carbonyl (C=O) groups is 1. The van der Waals surface area contributed by atoms with Gasteiger partial charge in [-0.3, -0.25) is 9.36 Å². The van der Waals surface area contributed by atoms with E-state index in [1.54, 1.807) is 18.2 Å². The van der Waals surface area contributed by atoms with Crippen LogP contribution in [0.3, 0.4) is 0 Å². The molecule has 0 spiro atoms. The Morgan fingerprint density at radius 3 is 3.00 bits per heavy atom. The zero-order valence-electron chi connectivity index (χ0n) is 14.6. The molecule has 0 radical (unpaired) electrons. The Labute approximate surface area is 151 Å². The summed E-state index contributed by atoms with van der Waals surface area (Å²) in [6, 6.07) is 5.48. The molecule has 6 nitrogen and oxygen atoms in total. The molecule has 7 heteroatoms. The maximum absolute atomic E-state index is 12.3. The van der Waals surface area contributed by atoms with Crippen molar-refractivity contribution in [1.82, 2.24) is 14.8 Å². The van der Waals surface area contributed by atoms with E-state index in [9.17, 15) is 9.59 Å². The number of hydrogen-bond donors (Lipinski definition) is 1. The fourth-order valence-electron chi connectivity index (χ4n) is 3.38. The largest absolute Gasteiger partial charge is 0.420 e. The lowest BCUT2D eigenvalue weighted by atomic mass is 9.97. The van der Waals surface area contributed by atoms with Crippen molar-refractivity contribution >= 4 is 28.6 Å².